The Kier molecular flexibility index (Phi) is 3.73. The number of aromatic amines is 1. The number of amides is 1. The second kappa shape index (κ2) is 5.51. The van der Waals surface area contributed by atoms with Gasteiger partial charge in [0.1, 0.15) is 5.69 Å². The van der Waals surface area contributed by atoms with E-state index in [4.69, 9.17) is 0 Å². The molecule has 1 saturated carbocycles. The molecule has 2 N–H and O–H groups in total. The zero-order valence-electron chi connectivity index (χ0n) is 11.1. The van der Waals surface area contributed by atoms with Crippen LogP contribution in [0.5, 0.6) is 0 Å². The van der Waals surface area contributed by atoms with E-state index in [1.165, 1.54) is 0 Å². The SMILES string of the molecule is Cc1ccnc([C@@H](NC(=O)c2cc(I)c[nH]2)C2CC2)n1. The van der Waals surface area contributed by atoms with Crippen molar-refractivity contribution in [3.05, 3.63) is 45.3 Å². The van der Waals surface area contributed by atoms with Crippen LogP contribution < -0.4 is 5.32 Å². The van der Waals surface area contributed by atoms with Gasteiger partial charge in [-0.1, -0.05) is 0 Å². The number of hydrogen-bond donors (Lipinski definition) is 2. The van der Waals surface area contributed by atoms with E-state index in [1.54, 1.807) is 6.20 Å². The summed E-state index contributed by atoms with van der Waals surface area (Å²) in [5, 5.41) is 3.05. The topological polar surface area (TPSA) is 70.7 Å². The predicted octanol–water partition coefficient (Wildman–Crippen LogP) is 2.60. The van der Waals surface area contributed by atoms with Gasteiger partial charge in [-0.3, -0.25) is 4.79 Å². The molecule has 0 unspecified atom stereocenters. The molecule has 0 aromatic carbocycles. The van der Waals surface area contributed by atoms with Gasteiger partial charge < -0.3 is 10.3 Å². The summed E-state index contributed by atoms with van der Waals surface area (Å²) in [5.41, 5.74) is 1.50. The van der Waals surface area contributed by atoms with Crippen LogP contribution in [0, 0.1) is 16.4 Å². The molecule has 5 nitrogen and oxygen atoms in total. The normalized spacial score (nSPS) is 15.9. The van der Waals surface area contributed by atoms with E-state index >= 15 is 0 Å². The second-order valence-corrected chi connectivity index (χ2v) is 6.32. The first-order chi connectivity index (χ1) is 9.63. The van der Waals surface area contributed by atoms with Gasteiger partial charge in [-0.15, -0.1) is 0 Å². The number of carbonyl (C=O) groups excluding carboxylic acids is 1. The Labute approximate surface area is 130 Å². The molecule has 3 rings (SSSR count). The van der Waals surface area contributed by atoms with Gasteiger partial charge in [-0.25, -0.2) is 9.97 Å². The van der Waals surface area contributed by atoms with Gasteiger partial charge in [0.25, 0.3) is 5.91 Å². The van der Waals surface area contributed by atoms with Crippen molar-refractivity contribution in [1.82, 2.24) is 20.3 Å². The first kappa shape index (κ1) is 13.5. The first-order valence-electron chi connectivity index (χ1n) is 6.58. The number of rotatable bonds is 4. The Bertz CT molecular complexity index is 636. The molecule has 0 saturated heterocycles. The lowest BCUT2D eigenvalue weighted by Gasteiger charge is -2.16. The van der Waals surface area contributed by atoms with E-state index < -0.39 is 0 Å². The van der Waals surface area contributed by atoms with Crippen molar-refractivity contribution >= 4 is 28.5 Å². The molecule has 2 heterocycles. The average molecular weight is 382 g/mol. The predicted molar refractivity (Wildman–Crippen MR) is 83.2 cm³/mol. The number of hydrogen-bond acceptors (Lipinski definition) is 3. The van der Waals surface area contributed by atoms with E-state index in [0.29, 0.717) is 17.4 Å². The minimum absolute atomic E-state index is 0.0941. The molecule has 1 fully saturated rings. The van der Waals surface area contributed by atoms with E-state index in [1.807, 2.05) is 25.3 Å². The van der Waals surface area contributed by atoms with E-state index in [9.17, 15) is 4.79 Å². The zero-order valence-corrected chi connectivity index (χ0v) is 13.2. The molecular formula is C14H15IN4O. The van der Waals surface area contributed by atoms with Crippen LogP contribution in [0.25, 0.3) is 0 Å². The molecule has 1 aliphatic carbocycles. The van der Waals surface area contributed by atoms with Crippen molar-refractivity contribution in [3.63, 3.8) is 0 Å². The molecule has 20 heavy (non-hydrogen) atoms. The summed E-state index contributed by atoms with van der Waals surface area (Å²) in [6, 6.07) is 3.60. The summed E-state index contributed by atoms with van der Waals surface area (Å²) < 4.78 is 1.02. The minimum atomic E-state index is -0.102. The standard InChI is InChI=1S/C14H15IN4O/c1-8-4-5-16-13(18-8)12(9-2-3-9)19-14(20)11-6-10(15)7-17-11/h4-7,9,12,17H,2-3H2,1H3,(H,19,20)/t12-/m0/s1. The third-order valence-corrected chi connectivity index (χ3v) is 3.99. The molecule has 1 atom stereocenters. The maximum absolute atomic E-state index is 12.3. The number of halogens is 1. The lowest BCUT2D eigenvalue weighted by Crippen LogP contribution is -2.31. The lowest BCUT2D eigenvalue weighted by molar-refractivity contribution is 0.0925. The van der Waals surface area contributed by atoms with Crippen LogP contribution in [-0.2, 0) is 0 Å². The third-order valence-electron chi connectivity index (χ3n) is 3.36. The highest BCUT2D eigenvalue weighted by molar-refractivity contribution is 14.1. The van der Waals surface area contributed by atoms with Crippen molar-refractivity contribution < 1.29 is 4.79 Å². The fraction of sp³-hybridized carbons (Fsp3) is 0.357. The highest BCUT2D eigenvalue weighted by Gasteiger charge is 2.35. The van der Waals surface area contributed by atoms with Crippen molar-refractivity contribution in [2.75, 3.05) is 0 Å². The van der Waals surface area contributed by atoms with Gasteiger partial charge in [0.15, 0.2) is 5.82 Å². The number of nitrogens with one attached hydrogen (secondary N) is 2. The van der Waals surface area contributed by atoms with Gasteiger partial charge in [-0.2, -0.15) is 0 Å². The molecule has 0 bridgehead atoms. The molecule has 1 aliphatic rings. The number of aryl methyl sites for hydroxylation is 1. The maximum atomic E-state index is 12.3. The number of carbonyl (C=O) groups is 1. The van der Waals surface area contributed by atoms with E-state index in [0.717, 1.165) is 22.1 Å². The van der Waals surface area contributed by atoms with Crippen LogP contribution in [0.1, 0.15) is 40.9 Å². The number of aromatic nitrogens is 3. The summed E-state index contributed by atoms with van der Waals surface area (Å²) in [6.45, 7) is 1.93. The summed E-state index contributed by atoms with van der Waals surface area (Å²) in [5.74, 6) is 1.06. The van der Waals surface area contributed by atoms with Crippen LogP contribution in [0.4, 0.5) is 0 Å². The fourth-order valence-corrected chi connectivity index (χ4v) is 2.63. The van der Waals surface area contributed by atoms with Crippen molar-refractivity contribution in [2.45, 2.75) is 25.8 Å². The van der Waals surface area contributed by atoms with Gasteiger partial charge in [0.2, 0.25) is 0 Å². The van der Waals surface area contributed by atoms with Crippen LogP contribution in [0.3, 0.4) is 0 Å². The molecule has 2 aromatic rings. The highest BCUT2D eigenvalue weighted by Crippen LogP contribution is 2.40. The third kappa shape index (κ3) is 3.00. The van der Waals surface area contributed by atoms with Gasteiger partial charge >= 0.3 is 0 Å². The lowest BCUT2D eigenvalue weighted by atomic mass is 10.1. The quantitative estimate of drug-likeness (QED) is 0.799. The maximum Gasteiger partial charge on any atom is 0.268 e. The van der Waals surface area contributed by atoms with Crippen molar-refractivity contribution in [1.29, 1.82) is 0 Å². The molecule has 0 radical (unpaired) electrons. The van der Waals surface area contributed by atoms with Crippen LogP contribution in [-0.4, -0.2) is 20.9 Å². The summed E-state index contributed by atoms with van der Waals surface area (Å²) >= 11 is 2.17. The Hall–Kier alpha value is -1.44. The van der Waals surface area contributed by atoms with Gasteiger partial charge in [0, 0.05) is 21.7 Å². The Morgan fingerprint density at radius 1 is 1.55 bits per heavy atom. The van der Waals surface area contributed by atoms with E-state index in [-0.39, 0.29) is 11.9 Å². The van der Waals surface area contributed by atoms with Crippen LogP contribution in [0.2, 0.25) is 0 Å². The molecule has 2 aromatic heterocycles. The average Bonchev–Trinajstić information content (AvgIpc) is 3.17. The number of nitrogens with zero attached hydrogens (tertiary/aromatic N) is 2. The van der Waals surface area contributed by atoms with Crippen molar-refractivity contribution in [2.24, 2.45) is 5.92 Å². The monoisotopic (exact) mass is 382 g/mol. The largest absolute Gasteiger partial charge is 0.356 e. The molecule has 0 aliphatic heterocycles. The van der Waals surface area contributed by atoms with Gasteiger partial charge in [-0.05, 0) is 60.4 Å². The molecule has 6 heteroatoms. The van der Waals surface area contributed by atoms with Crippen molar-refractivity contribution in [3.8, 4) is 0 Å². The fourth-order valence-electron chi connectivity index (χ4n) is 2.16. The summed E-state index contributed by atoms with van der Waals surface area (Å²) in [4.78, 5) is 24.0. The Morgan fingerprint density at radius 3 is 2.95 bits per heavy atom. The highest BCUT2D eigenvalue weighted by atomic mass is 127. The molecule has 1 amide bonds. The smallest absolute Gasteiger partial charge is 0.268 e. The van der Waals surface area contributed by atoms with E-state index in [2.05, 4.69) is 42.9 Å². The van der Waals surface area contributed by atoms with Gasteiger partial charge in [0.05, 0.1) is 6.04 Å². The minimum Gasteiger partial charge on any atom is -0.356 e. The summed E-state index contributed by atoms with van der Waals surface area (Å²) in [7, 11) is 0. The molecule has 104 valence electrons. The second-order valence-electron chi connectivity index (χ2n) is 5.08. The van der Waals surface area contributed by atoms with Crippen LogP contribution >= 0.6 is 22.6 Å². The summed E-state index contributed by atoms with van der Waals surface area (Å²) in [6.07, 6.45) is 5.79. The Morgan fingerprint density at radius 2 is 2.35 bits per heavy atom. The first-order valence-corrected chi connectivity index (χ1v) is 7.65. The van der Waals surface area contributed by atoms with Crippen LogP contribution in [0.15, 0.2) is 24.5 Å². The Balaban J connectivity index is 1.80. The molecular weight excluding hydrogens is 367 g/mol. The zero-order chi connectivity index (χ0) is 14.1. The molecule has 0 spiro atoms. The number of H-pyrrole nitrogens is 1.